The van der Waals surface area contributed by atoms with Gasteiger partial charge in [-0.1, -0.05) is 25.4 Å². The third-order valence-corrected chi connectivity index (χ3v) is 2.32. The van der Waals surface area contributed by atoms with Gasteiger partial charge in [-0.3, -0.25) is 10.1 Å². The second-order valence-electron chi connectivity index (χ2n) is 4.13. The number of hydrogen-bond acceptors (Lipinski definition) is 5. The van der Waals surface area contributed by atoms with Crippen molar-refractivity contribution in [1.82, 2.24) is 9.97 Å². The van der Waals surface area contributed by atoms with Crippen LogP contribution in [0.4, 0.5) is 5.69 Å². The van der Waals surface area contributed by atoms with Gasteiger partial charge in [0.1, 0.15) is 6.33 Å². The van der Waals surface area contributed by atoms with E-state index in [2.05, 4.69) is 9.97 Å². The fourth-order valence-electron chi connectivity index (χ4n) is 1.48. The molecule has 94 valence electrons. The third-order valence-electron chi connectivity index (χ3n) is 2.04. The monoisotopic (exact) mass is 259 g/mol. The molecule has 6 nitrogen and oxygen atoms in total. The van der Waals surface area contributed by atoms with Gasteiger partial charge in [-0.15, -0.1) is 0 Å². The number of nitrogens with zero attached hydrogens (tertiary/aromatic N) is 3. The summed E-state index contributed by atoms with van der Waals surface area (Å²) in [6.07, 6.45) is 1.76. The van der Waals surface area contributed by atoms with Gasteiger partial charge in [0.25, 0.3) is 5.88 Å². The van der Waals surface area contributed by atoms with Crippen molar-refractivity contribution in [2.45, 2.75) is 33.3 Å². The molecule has 7 heteroatoms. The summed E-state index contributed by atoms with van der Waals surface area (Å²) in [5, 5.41) is 10.6. The Hall–Kier alpha value is -1.43. The van der Waals surface area contributed by atoms with E-state index < -0.39 is 4.92 Å². The standard InChI is InChI=1S/C10H14ClN3O3/c1-6(2)4-7(3)17-10-8(14(15)16)9(11)12-5-13-10/h5-7H,4H2,1-3H3. The molecule has 1 unspecified atom stereocenters. The lowest BCUT2D eigenvalue weighted by Gasteiger charge is -2.15. The van der Waals surface area contributed by atoms with Crippen LogP contribution in [-0.4, -0.2) is 21.0 Å². The van der Waals surface area contributed by atoms with Crippen LogP contribution in [0.25, 0.3) is 0 Å². The molecule has 0 N–H and O–H groups in total. The quantitative estimate of drug-likeness (QED) is 0.461. The maximum atomic E-state index is 10.8. The summed E-state index contributed by atoms with van der Waals surface area (Å²) >= 11 is 5.64. The van der Waals surface area contributed by atoms with Crippen LogP contribution in [0.15, 0.2) is 6.33 Å². The molecule has 0 aliphatic rings. The van der Waals surface area contributed by atoms with E-state index >= 15 is 0 Å². The Morgan fingerprint density at radius 3 is 2.65 bits per heavy atom. The number of rotatable bonds is 5. The van der Waals surface area contributed by atoms with Crippen LogP contribution in [-0.2, 0) is 0 Å². The maximum Gasteiger partial charge on any atom is 0.367 e. The molecule has 0 spiro atoms. The van der Waals surface area contributed by atoms with E-state index in [4.69, 9.17) is 16.3 Å². The molecule has 1 aromatic heterocycles. The molecule has 1 heterocycles. The minimum Gasteiger partial charge on any atom is -0.470 e. The highest BCUT2D eigenvalue weighted by atomic mass is 35.5. The minimum atomic E-state index is -0.639. The Balaban J connectivity index is 2.91. The summed E-state index contributed by atoms with van der Waals surface area (Å²) in [4.78, 5) is 17.5. The average Bonchev–Trinajstić information content (AvgIpc) is 2.15. The van der Waals surface area contributed by atoms with E-state index in [1.54, 1.807) is 0 Å². The van der Waals surface area contributed by atoms with E-state index in [1.807, 2.05) is 20.8 Å². The lowest BCUT2D eigenvalue weighted by Crippen LogP contribution is -2.16. The van der Waals surface area contributed by atoms with Gasteiger partial charge in [0, 0.05) is 0 Å². The summed E-state index contributed by atoms with van der Waals surface area (Å²) < 4.78 is 5.42. The van der Waals surface area contributed by atoms with Crippen LogP contribution >= 0.6 is 11.6 Å². The van der Waals surface area contributed by atoms with E-state index in [0.29, 0.717) is 5.92 Å². The summed E-state index contributed by atoms with van der Waals surface area (Å²) in [5.74, 6) is 0.351. The average molecular weight is 260 g/mol. The van der Waals surface area contributed by atoms with Crippen molar-refractivity contribution < 1.29 is 9.66 Å². The Morgan fingerprint density at radius 2 is 2.12 bits per heavy atom. The fraction of sp³-hybridized carbons (Fsp3) is 0.600. The van der Waals surface area contributed by atoms with Crippen LogP contribution < -0.4 is 4.74 Å². The molecule has 0 saturated heterocycles. The second-order valence-corrected chi connectivity index (χ2v) is 4.49. The summed E-state index contributed by atoms with van der Waals surface area (Å²) in [6, 6.07) is 0. The first kappa shape index (κ1) is 13.6. The zero-order chi connectivity index (χ0) is 13.0. The summed E-state index contributed by atoms with van der Waals surface area (Å²) in [5.41, 5.74) is -0.384. The van der Waals surface area contributed by atoms with Crippen molar-refractivity contribution in [3.63, 3.8) is 0 Å². The van der Waals surface area contributed by atoms with Crippen molar-refractivity contribution >= 4 is 17.3 Å². The molecular weight excluding hydrogens is 246 g/mol. The second kappa shape index (κ2) is 5.77. The number of hydrogen-bond donors (Lipinski definition) is 0. The smallest absolute Gasteiger partial charge is 0.367 e. The molecule has 0 radical (unpaired) electrons. The molecule has 0 saturated carbocycles. The molecule has 0 aliphatic heterocycles. The first-order chi connectivity index (χ1) is 7.91. The van der Waals surface area contributed by atoms with Gasteiger partial charge in [-0.05, 0) is 19.3 Å². The number of ether oxygens (including phenoxy) is 1. The van der Waals surface area contributed by atoms with Gasteiger partial charge < -0.3 is 4.74 Å². The minimum absolute atomic E-state index is 0.0804. The van der Waals surface area contributed by atoms with Crippen molar-refractivity contribution in [2.75, 3.05) is 0 Å². The van der Waals surface area contributed by atoms with E-state index in [9.17, 15) is 10.1 Å². The van der Waals surface area contributed by atoms with Crippen molar-refractivity contribution in [1.29, 1.82) is 0 Å². The first-order valence-electron chi connectivity index (χ1n) is 5.23. The Kier molecular flexibility index (Phi) is 4.62. The fourth-order valence-corrected chi connectivity index (χ4v) is 1.68. The van der Waals surface area contributed by atoms with Gasteiger partial charge in [0.2, 0.25) is 5.15 Å². The molecule has 17 heavy (non-hydrogen) atoms. The predicted octanol–water partition coefficient (Wildman–Crippen LogP) is 2.85. The molecule has 1 atom stereocenters. The highest BCUT2D eigenvalue weighted by molar-refractivity contribution is 6.31. The lowest BCUT2D eigenvalue weighted by molar-refractivity contribution is -0.386. The van der Waals surface area contributed by atoms with Crippen LogP contribution in [0.1, 0.15) is 27.2 Å². The van der Waals surface area contributed by atoms with Gasteiger partial charge in [0.15, 0.2) is 0 Å². The molecule has 0 amide bonds. The normalized spacial score (nSPS) is 12.5. The zero-order valence-corrected chi connectivity index (χ0v) is 10.6. The van der Waals surface area contributed by atoms with Crippen molar-refractivity contribution in [3.8, 4) is 5.88 Å². The molecule has 0 bridgehead atoms. The summed E-state index contributed by atoms with van der Waals surface area (Å²) in [7, 11) is 0. The number of halogens is 1. The van der Waals surface area contributed by atoms with Gasteiger partial charge in [-0.25, -0.2) is 4.98 Å². The molecule has 0 fully saturated rings. The predicted molar refractivity (Wildman–Crippen MR) is 63.2 cm³/mol. The van der Waals surface area contributed by atoms with Gasteiger partial charge in [-0.2, -0.15) is 4.98 Å². The lowest BCUT2D eigenvalue weighted by atomic mass is 10.1. The van der Waals surface area contributed by atoms with Crippen LogP contribution in [0.5, 0.6) is 5.88 Å². The van der Waals surface area contributed by atoms with E-state index in [1.165, 1.54) is 0 Å². The molecule has 1 rings (SSSR count). The SMILES string of the molecule is CC(C)CC(C)Oc1ncnc(Cl)c1[N+](=O)[O-]. The summed E-state index contributed by atoms with van der Waals surface area (Å²) in [6.45, 7) is 5.92. The first-order valence-corrected chi connectivity index (χ1v) is 5.61. The highest BCUT2D eigenvalue weighted by Gasteiger charge is 2.24. The molecule has 1 aromatic rings. The zero-order valence-electron chi connectivity index (χ0n) is 9.88. The Morgan fingerprint density at radius 1 is 1.47 bits per heavy atom. The highest BCUT2D eigenvalue weighted by Crippen LogP contribution is 2.31. The van der Waals surface area contributed by atoms with E-state index in [-0.39, 0.29) is 22.8 Å². The van der Waals surface area contributed by atoms with Crippen molar-refractivity contribution in [3.05, 3.63) is 21.6 Å². The van der Waals surface area contributed by atoms with Gasteiger partial charge in [0.05, 0.1) is 11.0 Å². The molecular formula is C10H14ClN3O3. The van der Waals surface area contributed by atoms with Crippen LogP contribution in [0.3, 0.4) is 0 Å². The van der Waals surface area contributed by atoms with Crippen LogP contribution in [0.2, 0.25) is 5.15 Å². The Bertz CT molecular complexity index is 412. The van der Waals surface area contributed by atoms with Gasteiger partial charge >= 0.3 is 5.69 Å². The molecule has 0 aliphatic carbocycles. The van der Waals surface area contributed by atoms with Crippen molar-refractivity contribution in [2.24, 2.45) is 5.92 Å². The number of nitro groups is 1. The molecule has 0 aromatic carbocycles. The van der Waals surface area contributed by atoms with E-state index in [0.717, 1.165) is 12.7 Å². The Labute approximate surface area is 104 Å². The topological polar surface area (TPSA) is 78.2 Å². The third kappa shape index (κ3) is 3.81. The largest absolute Gasteiger partial charge is 0.470 e. The number of aromatic nitrogens is 2. The maximum absolute atomic E-state index is 10.8. The van der Waals surface area contributed by atoms with Crippen LogP contribution in [0, 0.1) is 16.0 Å².